The molecule has 0 aliphatic rings. The van der Waals surface area contributed by atoms with Crippen LogP contribution in [0, 0.1) is 0 Å². The number of hydrogen-bond acceptors (Lipinski definition) is 3. The maximum Gasteiger partial charge on any atom is 0.167 e. The van der Waals surface area contributed by atoms with Gasteiger partial charge in [-0.15, -0.1) is 0 Å². The van der Waals surface area contributed by atoms with Gasteiger partial charge in [-0.1, -0.05) is 23.2 Å². The zero-order chi connectivity index (χ0) is 8.43. The molecule has 0 fully saturated rings. The van der Waals surface area contributed by atoms with Crippen molar-refractivity contribution in [1.29, 1.82) is 0 Å². The third-order valence-electron chi connectivity index (χ3n) is 1.13. The molecular weight excluding hydrogens is 189 g/mol. The van der Waals surface area contributed by atoms with E-state index in [0.29, 0.717) is 0 Å². The first-order chi connectivity index (χ1) is 5.15. The Morgan fingerprint density at radius 3 is 2.45 bits per heavy atom. The van der Waals surface area contributed by atoms with Crippen LogP contribution in [0.5, 0.6) is 11.5 Å². The van der Waals surface area contributed by atoms with Crippen molar-refractivity contribution in [2.24, 2.45) is 5.90 Å². The molecule has 0 aromatic heterocycles. The Hall–Kier alpha value is -0.640. The molecule has 0 saturated carbocycles. The summed E-state index contributed by atoms with van der Waals surface area (Å²) in [7, 11) is 0. The standard InChI is InChI=1S/C6H5Cl2NO2/c7-3-2-6(11-9)4(8)1-5(3)10/h1-2,10H,9H2. The average molecular weight is 194 g/mol. The number of hydrogen-bond donors (Lipinski definition) is 2. The first-order valence-electron chi connectivity index (χ1n) is 2.70. The lowest BCUT2D eigenvalue weighted by atomic mass is 10.3. The van der Waals surface area contributed by atoms with E-state index in [-0.39, 0.29) is 21.5 Å². The predicted octanol–water partition coefficient (Wildman–Crippen LogP) is 1.95. The van der Waals surface area contributed by atoms with Crippen LogP contribution in [0.3, 0.4) is 0 Å². The van der Waals surface area contributed by atoms with Gasteiger partial charge in [0.2, 0.25) is 0 Å². The zero-order valence-electron chi connectivity index (χ0n) is 5.34. The van der Waals surface area contributed by atoms with Gasteiger partial charge in [0.15, 0.2) is 5.75 Å². The Bertz CT molecular complexity index is 278. The van der Waals surface area contributed by atoms with Crippen molar-refractivity contribution < 1.29 is 9.94 Å². The number of benzene rings is 1. The van der Waals surface area contributed by atoms with Crippen LogP contribution in [0.1, 0.15) is 0 Å². The van der Waals surface area contributed by atoms with Crippen molar-refractivity contribution in [2.75, 3.05) is 0 Å². The molecule has 0 amide bonds. The molecule has 0 unspecified atom stereocenters. The van der Waals surface area contributed by atoms with E-state index in [1.165, 1.54) is 12.1 Å². The van der Waals surface area contributed by atoms with E-state index in [0.717, 1.165) is 0 Å². The maximum atomic E-state index is 9.01. The lowest BCUT2D eigenvalue weighted by Crippen LogP contribution is -2.01. The molecular formula is C6H5Cl2NO2. The molecule has 1 aromatic carbocycles. The third kappa shape index (κ3) is 1.68. The minimum Gasteiger partial charge on any atom is -0.506 e. The molecule has 11 heavy (non-hydrogen) atoms. The summed E-state index contributed by atoms with van der Waals surface area (Å²) >= 11 is 11.1. The van der Waals surface area contributed by atoms with Crippen LogP contribution in [0.4, 0.5) is 0 Å². The first-order valence-corrected chi connectivity index (χ1v) is 3.45. The normalized spacial score (nSPS) is 9.73. The van der Waals surface area contributed by atoms with Gasteiger partial charge in [-0.25, -0.2) is 0 Å². The second kappa shape index (κ2) is 3.17. The van der Waals surface area contributed by atoms with E-state index in [2.05, 4.69) is 4.84 Å². The van der Waals surface area contributed by atoms with Gasteiger partial charge in [-0.05, 0) is 0 Å². The molecule has 0 bridgehead atoms. The van der Waals surface area contributed by atoms with Crippen LogP contribution >= 0.6 is 23.2 Å². The fourth-order valence-electron chi connectivity index (χ4n) is 0.608. The van der Waals surface area contributed by atoms with Crippen LogP contribution in [-0.4, -0.2) is 5.11 Å². The summed E-state index contributed by atoms with van der Waals surface area (Å²) in [6.07, 6.45) is 0. The summed E-state index contributed by atoms with van der Waals surface area (Å²) < 4.78 is 0. The van der Waals surface area contributed by atoms with Gasteiger partial charge >= 0.3 is 0 Å². The van der Waals surface area contributed by atoms with Crippen molar-refractivity contribution in [2.45, 2.75) is 0 Å². The zero-order valence-corrected chi connectivity index (χ0v) is 6.86. The molecule has 60 valence electrons. The summed E-state index contributed by atoms with van der Waals surface area (Å²) in [5.74, 6) is 4.98. The van der Waals surface area contributed by atoms with E-state index in [1.807, 2.05) is 0 Å². The van der Waals surface area contributed by atoms with Crippen LogP contribution < -0.4 is 10.7 Å². The SMILES string of the molecule is NOc1cc(Cl)c(O)cc1Cl. The fraction of sp³-hybridized carbons (Fsp3) is 0. The summed E-state index contributed by atoms with van der Waals surface area (Å²) in [4.78, 5) is 4.35. The average Bonchev–Trinajstić information content (AvgIpc) is 1.97. The summed E-state index contributed by atoms with van der Waals surface area (Å²) in [5, 5.41) is 9.37. The molecule has 1 aromatic rings. The summed E-state index contributed by atoms with van der Waals surface area (Å²) in [6.45, 7) is 0. The van der Waals surface area contributed by atoms with Crippen molar-refractivity contribution in [3.05, 3.63) is 22.2 Å². The Labute approximate surface area is 73.2 Å². The van der Waals surface area contributed by atoms with Crippen molar-refractivity contribution >= 4 is 23.2 Å². The molecule has 0 saturated heterocycles. The molecule has 3 nitrogen and oxygen atoms in total. The molecule has 0 atom stereocenters. The van der Waals surface area contributed by atoms with Crippen molar-refractivity contribution in [3.8, 4) is 11.5 Å². The van der Waals surface area contributed by atoms with Gasteiger partial charge in [-0.3, -0.25) is 0 Å². The quantitative estimate of drug-likeness (QED) is 0.671. The number of phenolic OH excluding ortho intramolecular Hbond substituents is 1. The van der Waals surface area contributed by atoms with Gasteiger partial charge in [0, 0.05) is 12.1 Å². The second-order valence-corrected chi connectivity index (χ2v) is 2.67. The highest BCUT2D eigenvalue weighted by Gasteiger charge is 2.05. The Kier molecular flexibility index (Phi) is 2.44. The van der Waals surface area contributed by atoms with E-state index in [1.54, 1.807) is 0 Å². The highest BCUT2D eigenvalue weighted by atomic mass is 35.5. The van der Waals surface area contributed by atoms with Gasteiger partial charge < -0.3 is 9.94 Å². The number of aromatic hydroxyl groups is 1. The van der Waals surface area contributed by atoms with Crippen LogP contribution in [0.15, 0.2) is 12.1 Å². The second-order valence-electron chi connectivity index (χ2n) is 1.85. The van der Waals surface area contributed by atoms with Crippen molar-refractivity contribution in [1.82, 2.24) is 0 Å². The fourth-order valence-corrected chi connectivity index (χ4v) is 0.965. The van der Waals surface area contributed by atoms with Crippen LogP contribution in [0.2, 0.25) is 10.0 Å². The summed E-state index contributed by atoms with van der Waals surface area (Å²) in [6, 6.07) is 2.59. The lowest BCUT2D eigenvalue weighted by Gasteiger charge is -2.02. The number of nitrogens with two attached hydrogens (primary N) is 1. The monoisotopic (exact) mass is 193 g/mol. The molecule has 0 spiro atoms. The van der Waals surface area contributed by atoms with E-state index in [4.69, 9.17) is 34.2 Å². The van der Waals surface area contributed by atoms with Gasteiger partial charge in [0.1, 0.15) is 5.75 Å². The van der Waals surface area contributed by atoms with Gasteiger partial charge in [0.25, 0.3) is 0 Å². The first kappa shape index (κ1) is 8.46. The molecule has 0 aliphatic heterocycles. The van der Waals surface area contributed by atoms with E-state index in [9.17, 15) is 0 Å². The number of phenols is 1. The minimum absolute atomic E-state index is 0.0996. The van der Waals surface area contributed by atoms with E-state index >= 15 is 0 Å². The molecule has 3 N–H and O–H groups in total. The van der Waals surface area contributed by atoms with E-state index < -0.39 is 0 Å². The summed E-state index contributed by atoms with van der Waals surface area (Å²) in [5.41, 5.74) is 0. The Morgan fingerprint density at radius 1 is 1.27 bits per heavy atom. The minimum atomic E-state index is -0.0996. The van der Waals surface area contributed by atoms with Gasteiger partial charge in [0.05, 0.1) is 10.0 Å². The van der Waals surface area contributed by atoms with Crippen LogP contribution in [0.25, 0.3) is 0 Å². The topological polar surface area (TPSA) is 55.5 Å². The highest BCUT2D eigenvalue weighted by Crippen LogP contribution is 2.33. The Balaban J connectivity index is 3.21. The molecule has 1 rings (SSSR count). The molecule has 0 radical (unpaired) electrons. The maximum absolute atomic E-state index is 9.01. The lowest BCUT2D eigenvalue weighted by molar-refractivity contribution is 0.334. The third-order valence-corrected chi connectivity index (χ3v) is 1.73. The molecule has 5 heteroatoms. The molecule has 0 aliphatic carbocycles. The number of halogens is 2. The van der Waals surface area contributed by atoms with Crippen molar-refractivity contribution in [3.63, 3.8) is 0 Å². The highest BCUT2D eigenvalue weighted by molar-refractivity contribution is 6.35. The largest absolute Gasteiger partial charge is 0.506 e. The van der Waals surface area contributed by atoms with Gasteiger partial charge in [-0.2, -0.15) is 5.90 Å². The predicted molar refractivity (Wildman–Crippen MR) is 42.9 cm³/mol. The molecule has 0 heterocycles. The smallest absolute Gasteiger partial charge is 0.167 e. The van der Waals surface area contributed by atoms with Crippen LogP contribution in [-0.2, 0) is 0 Å². The Morgan fingerprint density at radius 2 is 1.91 bits per heavy atom. The number of rotatable bonds is 1.